The Kier molecular flexibility index (Phi) is 3.11. The smallest absolute Gasteiger partial charge is 0.407 e. The lowest BCUT2D eigenvalue weighted by Crippen LogP contribution is -2.15. The first kappa shape index (κ1) is 10.3. The minimum absolute atomic E-state index is 0.0197. The number of carbonyl (C=O) groups excluding carboxylic acids is 1. The fourth-order valence-corrected chi connectivity index (χ4v) is 1.84. The Hall–Kier alpha value is -1.22. The topological polar surface area (TPSA) is 38.3 Å². The van der Waals surface area contributed by atoms with Crippen molar-refractivity contribution in [1.82, 2.24) is 5.32 Å². The third-order valence-electron chi connectivity index (χ3n) is 2.44. The van der Waals surface area contributed by atoms with Gasteiger partial charge in [0.25, 0.3) is 0 Å². The number of alkyl carbamates (subject to hydrolysis) is 1. The van der Waals surface area contributed by atoms with Gasteiger partial charge in [-0.1, -0.05) is 29.8 Å². The highest BCUT2D eigenvalue weighted by molar-refractivity contribution is 6.31. The second-order valence-corrected chi connectivity index (χ2v) is 3.95. The summed E-state index contributed by atoms with van der Waals surface area (Å²) < 4.78 is 5.03. The van der Waals surface area contributed by atoms with Crippen molar-refractivity contribution in [1.29, 1.82) is 0 Å². The van der Waals surface area contributed by atoms with Gasteiger partial charge < -0.3 is 10.1 Å². The summed E-state index contributed by atoms with van der Waals surface area (Å²) in [5, 5.41) is 3.40. The van der Waals surface area contributed by atoms with Crippen LogP contribution in [-0.2, 0) is 11.2 Å². The fraction of sp³-hybridized carbons (Fsp3) is 0.364. The lowest BCUT2D eigenvalue weighted by Gasteiger charge is -2.08. The van der Waals surface area contributed by atoms with Crippen LogP contribution in [0, 0.1) is 0 Å². The number of cyclic esters (lactones) is 1. The number of rotatable bonds is 3. The van der Waals surface area contributed by atoms with Crippen LogP contribution in [0.1, 0.15) is 12.0 Å². The first-order chi connectivity index (χ1) is 7.25. The van der Waals surface area contributed by atoms with Gasteiger partial charge in [0.15, 0.2) is 0 Å². The Bertz CT molecular complexity index is 367. The van der Waals surface area contributed by atoms with E-state index in [9.17, 15) is 4.79 Å². The quantitative estimate of drug-likeness (QED) is 0.858. The number of amides is 1. The molecule has 0 saturated carbocycles. The molecule has 0 spiro atoms. The van der Waals surface area contributed by atoms with Gasteiger partial charge >= 0.3 is 6.09 Å². The molecule has 0 bridgehead atoms. The first-order valence-corrected chi connectivity index (χ1v) is 5.31. The van der Waals surface area contributed by atoms with Crippen molar-refractivity contribution in [2.24, 2.45) is 0 Å². The third-order valence-corrected chi connectivity index (χ3v) is 2.81. The Labute approximate surface area is 93.4 Å². The molecule has 1 unspecified atom stereocenters. The summed E-state index contributed by atoms with van der Waals surface area (Å²) >= 11 is 6.01. The number of ether oxygens (including phenoxy) is 1. The third kappa shape index (κ3) is 2.63. The SMILES string of the molecule is O=C1NCC(CCc2ccccc2Cl)O1. The van der Waals surface area contributed by atoms with Crippen LogP contribution in [0.5, 0.6) is 0 Å². The molecule has 1 aromatic rings. The van der Waals surface area contributed by atoms with Crippen molar-refractivity contribution in [2.75, 3.05) is 6.54 Å². The minimum Gasteiger partial charge on any atom is -0.444 e. The van der Waals surface area contributed by atoms with Gasteiger partial charge in [0.2, 0.25) is 0 Å². The summed E-state index contributed by atoms with van der Waals surface area (Å²) in [6.07, 6.45) is 1.30. The van der Waals surface area contributed by atoms with Crippen LogP contribution in [0.3, 0.4) is 0 Å². The summed E-state index contributed by atoms with van der Waals surface area (Å²) in [4.78, 5) is 10.8. The van der Waals surface area contributed by atoms with E-state index in [0.29, 0.717) is 6.54 Å². The molecule has 3 nitrogen and oxygen atoms in total. The largest absolute Gasteiger partial charge is 0.444 e. The highest BCUT2D eigenvalue weighted by atomic mass is 35.5. The molecule has 15 heavy (non-hydrogen) atoms. The summed E-state index contributed by atoms with van der Waals surface area (Å²) in [5.41, 5.74) is 1.10. The van der Waals surface area contributed by atoms with E-state index in [1.54, 1.807) is 0 Å². The van der Waals surface area contributed by atoms with Crippen molar-refractivity contribution < 1.29 is 9.53 Å². The molecule has 1 aliphatic rings. The predicted octanol–water partition coefficient (Wildman–Crippen LogP) is 2.38. The summed E-state index contributed by atoms with van der Waals surface area (Å²) in [6, 6.07) is 7.73. The van der Waals surface area contributed by atoms with Crippen LogP contribution in [0.4, 0.5) is 4.79 Å². The number of halogens is 1. The Morgan fingerprint density at radius 3 is 2.93 bits per heavy atom. The minimum atomic E-state index is -0.320. The number of benzene rings is 1. The molecule has 4 heteroatoms. The molecule has 1 saturated heterocycles. The standard InChI is InChI=1S/C11H12ClNO2/c12-10-4-2-1-3-8(10)5-6-9-7-13-11(14)15-9/h1-4,9H,5-7H2,(H,13,14). The molecule has 1 aromatic carbocycles. The molecular weight excluding hydrogens is 214 g/mol. The Balaban J connectivity index is 1.88. The second-order valence-electron chi connectivity index (χ2n) is 3.54. The molecule has 1 N–H and O–H groups in total. The molecule has 1 aliphatic heterocycles. The molecule has 1 heterocycles. The van der Waals surface area contributed by atoms with E-state index in [4.69, 9.17) is 16.3 Å². The molecule has 80 valence electrons. The normalized spacial score (nSPS) is 19.8. The molecule has 0 radical (unpaired) electrons. The zero-order chi connectivity index (χ0) is 10.7. The van der Waals surface area contributed by atoms with Crippen molar-refractivity contribution in [2.45, 2.75) is 18.9 Å². The number of hydrogen-bond acceptors (Lipinski definition) is 2. The van der Waals surface area contributed by atoms with E-state index in [2.05, 4.69) is 5.32 Å². The fourth-order valence-electron chi connectivity index (χ4n) is 1.61. The van der Waals surface area contributed by atoms with Gasteiger partial charge in [-0.2, -0.15) is 0 Å². The number of carbonyl (C=O) groups is 1. The highest BCUT2D eigenvalue weighted by Gasteiger charge is 2.21. The van der Waals surface area contributed by atoms with Gasteiger partial charge in [-0.05, 0) is 24.5 Å². The molecular formula is C11H12ClNO2. The molecule has 0 aliphatic carbocycles. The monoisotopic (exact) mass is 225 g/mol. The molecule has 1 amide bonds. The first-order valence-electron chi connectivity index (χ1n) is 4.93. The average molecular weight is 226 g/mol. The van der Waals surface area contributed by atoms with E-state index in [0.717, 1.165) is 23.4 Å². The van der Waals surface area contributed by atoms with Gasteiger partial charge in [0, 0.05) is 5.02 Å². The molecule has 1 fully saturated rings. The molecule has 0 aromatic heterocycles. The van der Waals surface area contributed by atoms with E-state index in [1.807, 2.05) is 24.3 Å². The van der Waals surface area contributed by atoms with E-state index < -0.39 is 0 Å². The average Bonchev–Trinajstić information content (AvgIpc) is 2.63. The van der Waals surface area contributed by atoms with Crippen LogP contribution >= 0.6 is 11.6 Å². The highest BCUT2D eigenvalue weighted by Crippen LogP contribution is 2.18. The lowest BCUT2D eigenvalue weighted by atomic mass is 10.1. The predicted molar refractivity (Wildman–Crippen MR) is 58.0 cm³/mol. The maximum atomic E-state index is 10.8. The van der Waals surface area contributed by atoms with E-state index in [-0.39, 0.29) is 12.2 Å². The van der Waals surface area contributed by atoms with Crippen LogP contribution in [0.25, 0.3) is 0 Å². The zero-order valence-electron chi connectivity index (χ0n) is 8.20. The van der Waals surface area contributed by atoms with Gasteiger partial charge in [0.05, 0.1) is 6.54 Å². The van der Waals surface area contributed by atoms with Crippen molar-refractivity contribution in [3.8, 4) is 0 Å². The van der Waals surface area contributed by atoms with Crippen molar-refractivity contribution in [3.63, 3.8) is 0 Å². The number of hydrogen-bond donors (Lipinski definition) is 1. The second kappa shape index (κ2) is 4.53. The van der Waals surface area contributed by atoms with Gasteiger partial charge in [0.1, 0.15) is 6.10 Å². The van der Waals surface area contributed by atoms with Crippen LogP contribution in [0.15, 0.2) is 24.3 Å². The zero-order valence-corrected chi connectivity index (χ0v) is 8.96. The maximum Gasteiger partial charge on any atom is 0.407 e. The van der Waals surface area contributed by atoms with Crippen LogP contribution in [-0.4, -0.2) is 18.7 Å². The lowest BCUT2D eigenvalue weighted by molar-refractivity contribution is 0.136. The van der Waals surface area contributed by atoms with Gasteiger partial charge in [-0.25, -0.2) is 4.79 Å². The van der Waals surface area contributed by atoms with Gasteiger partial charge in [-0.3, -0.25) is 0 Å². The Morgan fingerprint density at radius 1 is 1.47 bits per heavy atom. The summed E-state index contributed by atoms with van der Waals surface area (Å²) in [7, 11) is 0. The number of aryl methyl sites for hydroxylation is 1. The molecule has 2 rings (SSSR count). The van der Waals surface area contributed by atoms with E-state index in [1.165, 1.54) is 0 Å². The van der Waals surface area contributed by atoms with Crippen molar-refractivity contribution >= 4 is 17.7 Å². The van der Waals surface area contributed by atoms with Crippen LogP contribution < -0.4 is 5.32 Å². The maximum absolute atomic E-state index is 10.8. The van der Waals surface area contributed by atoms with Gasteiger partial charge in [-0.15, -0.1) is 0 Å². The van der Waals surface area contributed by atoms with Crippen molar-refractivity contribution in [3.05, 3.63) is 34.9 Å². The number of nitrogens with one attached hydrogen (secondary N) is 1. The molecule has 1 atom stereocenters. The van der Waals surface area contributed by atoms with Crippen LogP contribution in [0.2, 0.25) is 5.02 Å². The summed E-state index contributed by atoms with van der Waals surface area (Å²) in [6.45, 7) is 0.600. The van der Waals surface area contributed by atoms with E-state index >= 15 is 0 Å². The Morgan fingerprint density at radius 2 is 2.27 bits per heavy atom. The summed E-state index contributed by atoms with van der Waals surface area (Å²) in [5.74, 6) is 0.